The molecule has 0 aliphatic heterocycles. The molecule has 0 fully saturated rings. The van der Waals surface area contributed by atoms with Crippen LogP contribution < -0.4 is 10.5 Å². The first kappa shape index (κ1) is 15.2. The Labute approximate surface area is 129 Å². The summed E-state index contributed by atoms with van der Waals surface area (Å²) >= 11 is 4.72. The molecule has 0 aliphatic carbocycles. The molecule has 0 unspecified atom stereocenters. The molecule has 0 atom stereocenters. The van der Waals surface area contributed by atoms with Crippen molar-refractivity contribution in [3.63, 3.8) is 0 Å². The van der Waals surface area contributed by atoms with E-state index in [1.54, 1.807) is 35.7 Å². The second-order valence-electron chi connectivity index (χ2n) is 4.10. The van der Waals surface area contributed by atoms with E-state index in [4.69, 9.17) is 5.14 Å². The van der Waals surface area contributed by atoms with E-state index in [0.29, 0.717) is 16.8 Å². The van der Waals surface area contributed by atoms with Crippen LogP contribution in [0, 0.1) is 0 Å². The van der Waals surface area contributed by atoms with E-state index in [1.807, 2.05) is 0 Å². The normalized spacial score (nSPS) is 11.3. The summed E-state index contributed by atoms with van der Waals surface area (Å²) in [5, 5.41) is 9.44. The predicted molar refractivity (Wildman–Crippen MR) is 83.2 cm³/mol. The van der Waals surface area contributed by atoms with Gasteiger partial charge in [0.25, 0.3) is 5.91 Å². The molecule has 20 heavy (non-hydrogen) atoms. The number of carbonyl (C=O) groups is 1. The van der Waals surface area contributed by atoms with E-state index >= 15 is 0 Å². The van der Waals surface area contributed by atoms with Crippen LogP contribution in [0.3, 0.4) is 0 Å². The van der Waals surface area contributed by atoms with E-state index in [-0.39, 0.29) is 11.7 Å². The summed E-state index contributed by atoms with van der Waals surface area (Å²) in [6.07, 6.45) is 0. The van der Waals surface area contributed by atoms with Crippen molar-refractivity contribution in [3.05, 3.63) is 50.6 Å². The number of carbonyl (C=O) groups excluding carboxylic acids is 1. The van der Waals surface area contributed by atoms with E-state index in [1.165, 1.54) is 11.3 Å². The lowest BCUT2D eigenvalue weighted by Gasteiger charge is -2.05. The molecule has 1 aromatic heterocycles. The quantitative estimate of drug-likeness (QED) is 0.861. The first-order valence-corrected chi connectivity index (χ1v) is 8.87. The molecule has 0 bridgehead atoms. The van der Waals surface area contributed by atoms with Gasteiger partial charge in [-0.1, -0.05) is 12.1 Å². The van der Waals surface area contributed by atoms with E-state index in [9.17, 15) is 13.2 Å². The molecule has 8 heteroatoms. The Bertz CT molecular complexity index is 723. The van der Waals surface area contributed by atoms with Gasteiger partial charge in [-0.2, -0.15) is 0 Å². The third-order valence-corrected chi connectivity index (χ3v) is 4.65. The number of nitrogens with two attached hydrogens (primary N) is 1. The lowest BCUT2D eigenvalue weighted by atomic mass is 10.2. The predicted octanol–water partition coefficient (Wildman–Crippen LogP) is 2.55. The molecule has 5 nitrogen and oxygen atoms in total. The molecule has 1 aromatic carbocycles. The van der Waals surface area contributed by atoms with Crippen LogP contribution >= 0.6 is 27.3 Å². The Kier molecular flexibility index (Phi) is 4.59. The average Bonchev–Trinajstić information content (AvgIpc) is 2.77. The molecule has 2 aromatic rings. The van der Waals surface area contributed by atoms with Gasteiger partial charge < -0.3 is 5.32 Å². The van der Waals surface area contributed by atoms with Crippen LogP contribution in [0.25, 0.3) is 0 Å². The van der Waals surface area contributed by atoms with Crippen molar-refractivity contribution < 1.29 is 13.2 Å². The Morgan fingerprint density at radius 3 is 2.45 bits per heavy atom. The standard InChI is InChI=1S/C12H11BrN2O3S2/c13-11-5-9(6-19-11)12(16)15-10-3-1-8(2-4-10)7-20(14,17)18/h1-6H,7H2,(H,15,16)(H2,14,17,18). The number of benzene rings is 1. The summed E-state index contributed by atoms with van der Waals surface area (Å²) < 4.78 is 22.8. The van der Waals surface area contributed by atoms with E-state index in [2.05, 4.69) is 21.2 Å². The second-order valence-corrected chi connectivity index (χ2v) is 8.00. The van der Waals surface area contributed by atoms with Gasteiger partial charge in [0.15, 0.2) is 0 Å². The minimum atomic E-state index is -3.54. The van der Waals surface area contributed by atoms with Crippen molar-refractivity contribution in [1.82, 2.24) is 0 Å². The van der Waals surface area contributed by atoms with Crippen LogP contribution in [0.4, 0.5) is 5.69 Å². The number of hydrogen-bond acceptors (Lipinski definition) is 4. The minimum Gasteiger partial charge on any atom is -0.322 e. The van der Waals surface area contributed by atoms with Gasteiger partial charge in [-0.25, -0.2) is 13.6 Å². The third kappa shape index (κ3) is 4.41. The van der Waals surface area contributed by atoms with Crippen molar-refractivity contribution >= 4 is 48.9 Å². The van der Waals surface area contributed by atoms with Gasteiger partial charge in [0.2, 0.25) is 10.0 Å². The van der Waals surface area contributed by atoms with Gasteiger partial charge >= 0.3 is 0 Å². The van der Waals surface area contributed by atoms with Crippen LogP contribution in [-0.4, -0.2) is 14.3 Å². The highest BCUT2D eigenvalue weighted by Crippen LogP contribution is 2.21. The van der Waals surface area contributed by atoms with Gasteiger partial charge in [0, 0.05) is 11.1 Å². The second kappa shape index (κ2) is 6.04. The molecule has 3 N–H and O–H groups in total. The summed E-state index contributed by atoms with van der Waals surface area (Å²) in [6.45, 7) is 0. The number of nitrogens with one attached hydrogen (secondary N) is 1. The lowest BCUT2D eigenvalue weighted by Crippen LogP contribution is -2.14. The molecule has 0 saturated carbocycles. The summed E-state index contributed by atoms with van der Waals surface area (Å²) in [7, 11) is -3.54. The number of primary sulfonamides is 1. The molecule has 0 radical (unpaired) electrons. The van der Waals surface area contributed by atoms with Crippen LogP contribution in [-0.2, 0) is 15.8 Å². The van der Waals surface area contributed by atoms with Gasteiger partial charge in [0.1, 0.15) is 0 Å². The number of thiophene rings is 1. The molecule has 2 rings (SSSR count). The maximum Gasteiger partial charge on any atom is 0.256 e. The van der Waals surface area contributed by atoms with Crippen LogP contribution in [0.15, 0.2) is 39.5 Å². The van der Waals surface area contributed by atoms with Crippen molar-refractivity contribution in [2.75, 3.05) is 5.32 Å². The van der Waals surface area contributed by atoms with Gasteiger partial charge in [-0.15, -0.1) is 11.3 Å². The average molecular weight is 375 g/mol. The number of sulfonamides is 1. The Morgan fingerprint density at radius 1 is 1.30 bits per heavy atom. The minimum absolute atomic E-state index is 0.217. The van der Waals surface area contributed by atoms with Gasteiger partial charge in [-0.3, -0.25) is 4.79 Å². The van der Waals surface area contributed by atoms with Gasteiger partial charge in [-0.05, 0) is 39.7 Å². The highest BCUT2D eigenvalue weighted by molar-refractivity contribution is 9.11. The van der Waals surface area contributed by atoms with Crippen LogP contribution in [0.5, 0.6) is 0 Å². The van der Waals surface area contributed by atoms with Gasteiger partial charge in [0.05, 0.1) is 15.1 Å². The van der Waals surface area contributed by atoms with Crippen molar-refractivity contribution in [1.29, 1.82) is 0 Å². The van der Waals surface area contributed by atoms with E-state index < -0.39 is 10.0 Å². The monoisotopic (exact) mass is 374 g/mol. The fraction of sp³-hybridized carbons (Fsp3) is 0.0833. The summed E-state index contributed by atoms with van der Waals surface area (Å²) in [5.74, 6) is -0.440. The summed E-state index contributed by atoms with van der Waals surface area (Å²) in [6, 6.07) is 8.24. The zero-order chi connectivity index (χ0) is 14.8. The summed E-state index contributed by atoms with van der Waals surface area (Å²) in [4.78, 5) is 11.9. The largest absolute Gasteiger partial charge is 0.322 e. The number of halogens is 1. The topological polar surface area (TPSA) is 89.3 Å². The zero-order valence-corrected chi connectivity index (χ0v) is 13.4. The molecular weight excluding hydrogens is 364 g/mol. The number of hydrogen-bond donors (Lipinski definition) is 2. The molecular formula is C12H11BrN2O3S2. The van der Waals surface area contributed by atoms with Crippen LogP contribution in [0.2, 0.25) is 0 Å². The first-order valence-electron chi connectivity index (χ1n) is 5.48. The first-order chi connectivity index (χ1) is 9.33. The Hall–Kier alpha value is -1.22. The Morgan fingerprint density at radius 2 is 1.95 bits per heavy atom. The van der Waals surface area contributed by atoms with Crippen molar-refractivity contribution in [3.8, 4) is 0 Å². The molecule has 0 spiro atoms. The SMILES string of the molecule is NS(=O)(=O)Cc1ccc(NC(=O)c2csc(Br)c2)cc1. The molecule has 1 amide bonds. The fourth-order valence-corrected chi connectivity index (χ4v) is 3.34. The molecule has 1 heterocycles. The highest BCUT2D eigenvalue weighted by atomic mass is 79.9. The number of amides is 1. The molecule has 106 valence electrons. The lowest BCUT2D eigenvalue weighted by molar-refractivity contribution is 0.102. The third-order valence-electron chi connectivity index (χ3n) is 2.41. The van der Waals surface area contributed by atoms with Crippen molar-refractivity contribution in [2.45, 2.75) is 5.75 Å². The van der Waals surface area contributed by atoms with Crippen LogP contribution in [0.1, 0.15) is 15.9 Å². The summed E-state index contributed by atoms with van der Waals surface area (Å²) in [5.41, 5.74) is 1.73. The number of rotatable bonds is 4. The van der Waals surface area contributed by atoms with Crippen molar-refractivity contribution in [2.24, 2.45) is 5.14 Å². The zero-order valence-electron chi connectivity index (χ0n) is 10.2. The van der Waals surface area contributed by atoms with E-state index in [0.717, 1.165) is 3.79 Å². The maximum absolute atomic E-state index is 11.9. The molecule has 0 aliphatic rings. The highest BCUT2D eigenvalue weighted by Gasteiger charge is 2.09. The smallest absolute Gasteiger partial charge is 0.256 e. The fourth-order valence-electron chi connectivity index (χ4n) is 1.55. The maximum atomic E-state index is 11.9. The molecule has 0 saturated heterocycles. The Balaban J connectivity index is 2.06. The number of anilines is 1.